The fourth-order valence-corrected chi connectivity index (χ4v) is 3.49. The fraction of sp³-hybridized carbons (Fsp3) is 0.933. The monoisotopic (exact) mass is 237 g/mol. The van der Waals surface area contributed by atoms with Gasteiger partial charge in [-0.05, 0) is 37.0 Å². The van der Waals surface area contributed by atoms with Crippen LogP contribution in [0.25, 0.3) is 0 Å². The minimum atomic E-state index is 0.124. The summed E-state index contributed by atoms with van der Waals surface area (Å²) < 4.78 is 0. The van der Waals surface area contributed by atoms with Crippen molar-refractivity contribution in [2.24, 2.45) is 11.3 Å². The molecule has 17 heavy (non-hydrogen) atoms. The lowest BCUT2D eigenvalue weighted by atomic mass is 9.78. The molecule has 0 bridgehead atoms. The molecular formula is C15H27NO. The van der Waals surface area contributed by atoms with Gasteiger partial charge >= 0.3 is 0 Å². The Morgan fingerprint density at radius 1 is 1.12 bits per heavy atom. The van der Waals surface area contributed by atoms with Crippen molar-refractivity contribution in [3.05, 3.63) is 0 Å². The Labute approximate surface area is 106 Å². The molecule has 1 aliphatic carbocycles. The molecule has 2 nitrogen and oxygen atoms in total. The number of nitrogens with zero attached hydrogens (tertiary/aromatic N) is 1. The van der Waals surface area contributed by atoms with Gasteiger partial charge in [-0.2, -0.15) is 0 Å². The van der Waals surface area contributed by atoms with Crippen LogP contribution in [0.15, 0.2) is 0 Å². The average molecular weight is 237 g/mol. The summed E-state index contributed by atoms with van der Waals surface area (Å²) in [4.78, 5) is 14.6. The van der Waals surface area contributed by atoms with E-state index >= 15 is 0 Å². The molecule has 2 fully saturated rings. The zero-order valence-corrected chi connectivity index (χ0v) is 11.7. The van der Waals surface area contributed by atoms with Crippen LogP contribution >= 0.6 is 0 Å². The van der Waals surface area contributed by atoms with Crippen molar-refractivity contribution in [1.29, 1.82) is 0 Å². The van der Waals surface area contributed by atoms with Crippen molar-refractivity contribution in [3.8, 4) is 0 Å². The number of likely N-dealkylation sites (tertiary alicyclic amines) is 1. The van der Waals surface area contributed by atoms with Gasteiger partial charge in [0.15, 0.2) is 0 Å². The zero-order valence-electron chi connectivity index (χ0n) is 11.7. The van der Waals surface area contributed by atoms with Crippen molar-refractivity contribution in [3.63, 3.8) is 0 Å². The van der Waals surface area contributed by atoms with Gasteiger partial charge in [-0.1, -0.05) is 33.6 Å². The maximum atomic E-state index is 12.4. The SMILES string of the molecule is CC(C)(C)CC(=O)N1CCCC2CCCCC21. The summed E-state index contributed by atoms with van der Waals surface area (Å²) in [7, 11) is 0. The van der Waals surface area contributed by atoms with Gasteiger partial charge in [0.25, 0.3) is 0 Å². The molecule has 1 saturated carbocycles. The number of rotatable bonds is 1. The van der Waals surface area contributed by atoms with Gasteiger partial charge in [-0.3, -0.25) is 4.79 Å². The van der Waals surface area contributed by atoms with E-state index < -0.39 is 0 Å². The molecule has 2 atom stereocenters. The molecule has 0 aromatic carbocycles. The summed E-state index contributed by atoms with van der Waals surface area (Å²) in [5.41, 5.74) is 0.124. The Hall–Kier alpha value is -0.530. The van der Waals surface area contributed by atoms with Gasteiger partial charge < -0.3 is 4.90 Å². The number of hydrogen-bond acceptors (Lipinski definition) is 1. The highest BCUT2D eigenvalue weighted by molar-refractivity contribution is 5.77. The number of hydrogen-bond donors (Lipinski definition) is 0. The number of fused-ring (bicyclic) bond motifs is 1. The van der Waals surface area contributed by atoms with Crippen molar-refractivity contribution in [2.75, 3.05) is 6.54 Å². The molecule has 0 radical (unpaired) electrons. The van der Waals surface area contributed by atoms with E-state index in [1.807, 2.05) is 0 Å². The summed E-state index contributed by atoms with van der Waals surface area (Å²) in [6, 6.07) is 0.576. The van der Waals surface area contributed by atoms with Crippen molar-refractivity contribution >= 4 is 5.91 Å². The molecule has 0 spiro atoms. The van der Waals surface area contributed by atoms with Crippen molar-refractivity contribution in [2.45, 2.75) is 71.8 Å². The number of carbonyl (C=O) groups is 1. The van der Waals surface area contributed by atoms with Crippen LogP contribution in [0.1, 0.15) is 65.7 Å². The van der Waals surface area contributed by atoms with E-state index in [1.54, 1.807) is 0 Å². The summed E-state index contributed by atoms with van der Waals surface area (Å²) in [5, 5.41) is 0. The second kappa shape index (κ2) is 4.99. The highest BCUT2D eigenvalue weighted by Crippen LogP contribution is 2.36. The quantitative estimate of drug-likeness (QED) is 0.682. The van der Waals surface area contributed by atoms with Crippen molar-refractivity contribution < 1.29 is 4.79 Å². The number of piperidine rings is 1. The second-order valence-electron chi connectivity index (χ2n) is 7.08. The highest BCUT2D eigenvalue weighted by Gasteiger charge is 2.36. The second-order valence-corrected chi connectivity index (χ2v) is 7.08. The Morgan fingerprint density at radius 3 is 2.47 bits per heavy atom. The van der Waals surface area contributed by atoms with Gasteiger partial charge in [0.2, 0.25) is 5.91 Å². The molecule has 1 amide bonds. The van der Waals surface area contributed by atoms with Gasteiger partial charge in [0.1, 0.15) is 0 Å². The fourth-order valence-electron chi connectivity index (χ4n) is 3.49. The molecule has 2 unspecified atom stereocenters. The first-order chi connectivity index (χ1) is 7.97. The molecule has 2 aliphatic rings. The van der Waals surface area contributed by atoms with E-state index in [0.29, 0.717) is 18.4 Å². The molecule has 0 aromatic heterocycles. The predicted octanol–water partition coefficient (Wildman–Crippen LogP) is 3.60. The van der Waals surface area contributed by atoms with Crippen LogP contribution in [0.5, 0.6) is 0 Å². The van der Waals surface area contributed by atoms with Crippen LogP contribution in [-0.4, -0.2) is 23.4 Å². The number of carbonyl (C=O) groups excluding carboxylic acids is 1. The molecule has 2 rings (SSSR count). The summed E-state index contributed by atoms with van der Waals surface area (Å²) in [6.45, 7) is 7.49. The van der Waals surface area contributed by atoms with Crippen LogP contribution in [0.2, 0.25) is 0 Å². The normalized spacial score (nSPS) is 29.9. The lowest BCUT2D eigenvalue weighted by molar-refractivity contribution is -0.139. The van der Waals surface area contributed by atoms with E-state index in [2.05, 4.69) is 25.7 Å². The lowest BCUT2D eigenvalue weighted by Crippen LogP contribution is -2.50. The van der Waals surface area contributed by atoms with E-state index in [-0.39, 0.29) is 5.41 Å². The third-order valence-electron chi connectivity index (χ3n) is 4.25. The van der Waals surface area contributed by atoms with E-state index in [1.165, 1.54) is 38.5 Å². The first-order valence-corrected chi connectivity index (χ1v) is 7.27. The molecule has 1 aliphatic heterocycles. The molecule has 98 valence electrons. The van der Waals surface area contributed by atoms with Crippen LogP contribution < -0.4 is 0 Å². The number of amides is 1. The summed E-state index contributed by atoms with van der Waals surface area (Å²) in [5.74, 6) is 1.20. The van der Waals surface area contributed by atoms with Crippen molar-refractivity contribution in [1.82, 2.24) is 4.90 Å². The summed E-state index contributed by atoms with van der Waals surface area (Å²) >= 11 is 0. The predicted molar refractivity (Wildman–Crippen MR) is 70.8 cm³/mol. The first kappa shape index (κ1) is 12.9. The molecular weight excluding hydrogens is 210 g/mol. The van der Waals surface area contributed by atoms with Gasteiger partial charge in [-0.25, -0.2) is 0 Å². The van der Waals surface area contributed by atoms with Gasteiger partial charge in [0, 0.05) is 19.0 Å². The lowest BCUT2D eigenvalue weighted by Gasteiger charge is -2.44. The molecule has 0 N–H and O–H groups in total. The third-order valence-corrected chi connectivity index (χ3v) is 4.25. The van der Waals surface area contributed by atoms with Crippen LogP contribution in [0.4, 0.5) is 0 Å². The Bertz CT molecular complexity index is 277. The van der Waals surface area contributed by atoms with Gasteiger partial charge in [-0.15, -0.1) is 0 Å². The topological polar surface area (TPSA) is 20.3 Å². The minimum Gasteiger partial charge on any atom is -0.339 e. The Balaban J connectivity index is 2.01. The maximum absolute atomic E-state index is 12.4. The molecule has 1 saturated heterocycles. The molecule has 1 heterocycles. The van der Waals surface area contributed by atoms with Crippen LogP contribution in [-0.2, 0) is 4.79 Å². The minimum absolute atomic E-state index is 0.124. The van der Waals surface area contributed by atoms with E-state index in [9.17, 15) is 4.79 Å². The Kier molecular flexibility index (Phi) is 3.79. The van der Waals surface area contributed by atoms with Gasteiger partial charge in [0.05, 0.1) is 0 Å². The van der Waals surface area contributed by atoms with E-state index in [0.717, 1.165) is 12.5 Å². The molecule has 2 heteroatoms. The molecule has 0 aromatic rings. The Morgan fingerprint density at radius 2 is 1.76 bits per heavy atom. The highest BCUT2D eigenvalue weighted by atomic mass is 16.2. The van der Waals surface area contributed by atoms with Crippen LogP contribution in [0.3, 0.4) is 0 Å². The smallest absolute Gasteiger partial charge is 0.223 e. The first-order valence-electron chi connectivity index (χ1n) is 7.27. The average Bonchev–Trinajstić information content (AvgIpc) is 2.26. The standard InChI is InChI=1S/C15H27NO/c1-15(2,3)11-14(17)16-10-6-8-12-7-4-5-9-13(12)16/h12-13H,4-11H2,1-3H3. The largest absolute Gasteiger partial charge is 0.339 e. The third kappa shape index (κ3) is 3.23. The zero-order chi connectivity index (χ0) is 12.5. The van der Waals surface area contributed by atoms with E-state index in [4.69, 9.17) is 0 Å². The van der Waals surface area contributed by atoms with Crippen LogP contribution in [0, 0.1) is 11.3 Å². The maximum Gasteiger partial charge on any atom is 0.223 e. The summed E-state index contributed by atoms with van der Waals surface area (Å²) in [6.07, 6.45) is 8.57.